The van der Waals surface area contributed by atoms with Gasteiger partial charge in [-0.25, -0.2) is 4.79 Å². The van der Waals surface area contributed by atoms with E-state index in [-0.39, 0.29) is 22.8 Å². The van der Waals surface area contributed by atoms with Gasteiger partial charge in [0.25, 0.3) is 5.91 Å². The third-order valence-corrected chi connectivity index (χ3v) is 5.85. The van der Waals surface area contributed by atoms with Crippen LogP contribution < -0.4 is 19.5 Å². The lowest BCUT2D eigenvalue weighted by atomic mass is 10.1. The minimum Gasteiger partial charge on any atom is -0.493 e. The van der Waals surface area contributed by atoms with Gasteiger partial charge in [0.05, 0.1) is 21.3 Å². The van der Waals surface area contributed by atoms with Crippen molar-refractivity contribution in [2.75, 3.05) is 21.3 Å². The van der Waals surface area contributed by atoms with Gasteiger partial charge >= 0.3 is 5.97 Å². The highest BCUT2D eigenvalue weighted by Crippen LogP contribution is 2.38. The lowest BCUT2D eigenvalue weighted by Crippen LogP contribution is -2.27. The smallest absolute Gasteiger partial charge is 0.352 e. The number of carboxylic acids is 1. The number of benzene rings is 2. The maximum absolute atomic E-state index is 12.8. The number of thiophene rings is 1. The highest BCUT2D eigenvalue weighted by atomic mass is 35.5. The van der Waals surface area contributed by atoms with E-state index < -0.39 is 11.9 Å². The number of halogens is 1. The average Bonchev–Trinajstić information content (AvgIpc) is 3.25. The van der Waals surface area contributed by atoms with Gasteiger partial charge in [-0.2, -0.15) is 0 Å². The van der Waals surface area contributed by atoms with E-state index in [0.29, 0.717) is 15.6 Å². The Kier molecular flexibility index (Phi) is 7.40. The number of ether oxygens (including phenoxy) is 3. The molecule has 1 aromatic heterocycles. The molecule has 7 nitrogen and oxygen atoms in total. The zero-order valence-corrected chi connectivity index (χ0v) is 19.0. The molecular formula is C23H20ClNO6S. The topological polar surface area (TPSA) is 94.1 Å². The van der Waals surface area contributed by atoms with Gasteiger partial charge in [-0.15, -0.1) is 11.3 Å². The fraction of sp³-hybridized carbons (Fsp3) is 0.130. The summed E-state index contributed by atoms with van der Waals surface area (Å²) in [6.45, 7) is 0. The number of aliphatic carboxylic acids is 1. The largest absolute Gasteiger partial charge is 0.493 e. The SMILES string of the molecule is COc1cc(C(=O)N/C(=C\c2ccc(-c3ccccc3Cl)s2)C(=O)O)cc(OC)c1OC. The molecule has 3 rings (SSSR count). The number of methoxy groups -OCH3 is 3. The molecule has 9 heteroatoms. The van der Waals surface area contributed by atoms with Crippen molar-refractivity contribution in [2.24, 2.45) is 0 Å². The molecule has 0 saturated carbocycles. The minimum atomic E-state index is -1.28. The molecule has 0 saturated heterocycles. The van der Waals surface area contributed by atoms with Gasteiger partial charge in [0.2, 0.25) is 5.75 Å². The van der Waals surface area contributed by atoms with Crippen LogP contribution in [0.4, 0.5) is 0 Å². The normalized spacial score (nSPS) is 11.1. The van der Waals surface area contributed by atoms with Gasteiger partial charge in [0, 0.05) is 25.9 Å². The Labute approximate surface area is 193 Å². The van der Waals surface area contributed by atoms with E-state index in [4.69, 9.17) is 25.8 Å². The summed E-state index contributed by atoms with van der Waals surface area (Å²) in [5.41, 5.74) is 0.711. The predicted molar refractivity (Wildman–Crippen MR) is 124 cm³/mol. The molecule has 0 aliphatic heterocycles. The molecule has 166 valence electrons. The summed E-state index contributed by atoms with van der Waals surface area (Å²) < 4.78 is 15.7. The number of carboxylic acid groups (broad SMARTS) is 1. The van der Waals surface area contributed by atoms with Crippen molar-refractivity contribution in [1.29, 1.82) is 0 Å². The van der Waals surface area contributed by atoms with Crippen LogP contribution in [0, 0.1) is 0 Å². The molecule has 32 heavy (non-hydrogen) atoms. The molecule has 0 aliphatic rings. The third-order valence-electron chi connectivity index (χ3n) is 4.46. The molecule has 0 aliphatic carbocycles. The van der Waals surface area contributed by atoms with Gasteiger partial charge < -0.3 is 24.6 Å². The van der Waals surface area contributed by atoms with E-state index in [2.05, 4.69) is 5.32 Å². The Morgan fingerprint density at radius 1 is 1.00 bits per heavy atom. The number of rotatable bonds is 8. The Bertz CT molecular complexity index is 1160. The molecule has 3 aromatic rings. The second-order valence-electron chi connectivity index (χ2n) is 6.41. The van der Waals surface area contributed by atoms with Crippen LogP contribution in [-0.4, -0.2) is 38.3 Å². The average molecular weight is 474 g/mol. The molecule has 2 N–H and O–H groups in total. The van der Waals surface area contributed by atoms with Crippen LogP contribution in [0.15, 0.2) is 54.2 Å². The molecule has 2 aromatic carbocycles. The first-order valence-electron chi connectivity index (χ1n) is 9.29. The fourth-order valence-electron chi connectivity index (χ4n) is 2.94. The van der Waals surface area contributed by atoms with Crippen molar-refractivity contribution < 1.29 is 28.9 Å². The van der Waals surface area contributed by atoms with Crippen LogP contribution in [0.1, 0.15) is 15.2 Å². The van der Waals surface area contributed by atoms with Crippen LogP contribution in [0.2, 0.25) is 5.02 Å². The van der Waals surface area contributed by atoms with Crippen LogP contribution in [0.3, 0.4) is 0 Å². The van der Waals surface area contributed by atoms with E-state index >= 15 is 0 Å². The van der Waals surface area contributed by atoms with Crippen molar-refractivity contribution in [2.45, 2.75) is 0 Å². The molecule has 0 atom stereocenters. The molecule has 1 heterocycles. The maximum Gasteiger partial charge on any atom is 0.352 e. The van der Waals surface area contributed by atoms with Crippen molar-refractivity contribution >= 4 is 40.9 Å². The van der Waals surface area contributed by atoms with Crippen molar-refractivity contribution in [3.05, 3.63) is 69.7 Å². The van der Waals surface area contributed by atoms with Crippen molar-refractivity contribution in [1.82, 2.24) is 5.32 Å². The lowest BCUT2D eigenvalue weighted by molar-refractivity contribution is -0.132. The Morgan fingerprint density at radius 2 is 1.66 bits per heavy atom. The van der Waals surface area contributed by atoms with Crippen molar-refractivity contribution in [3.8, 4) is 27.7 Å². The molecule has 1 amide bonds. The first-order chi connectivity index (χ1) is 15.4. The summed E-state index contributed by atoms with van der Waals surface area (Å²) >= 11 is 7.60. The predicted octanol–water partition coefficient (Wildman–Crippen LogP) is 4.95. The Morgan fingerprint density at radius 3 is 2.22 bits per heavy atom. The molecule has 0 bridgehead atoms. The summed E-state index contributed by atoms with van der Waals surface area (Å²) in [6.07, 6.45) is 1.39. The van der Waals surface area contributed by atoms with E-state index in [1.54, 1.807) is 12.1 Å². The minimum absolute atomic E-state index is 0.148. The third kappa shape index (κ3) is 5.04. The standard InChI is InChI=1S/C23H20ClNO6S/c1-29-18-10-13(11-19(30-2)21(18)31-3)22(26)25-17(23(27)28)12-14-8-9-20(32-14)15-6-4-5-7-16(15)24/h4-12H,1-3H3,(H,25,26)(H,27,28)/b17-12-. The quantitative estimate of drug-likeness (QED) is 0.449. The summed E-state index contributed by atoms with van der Waals surface area (Å²) in [7, 11) is 4.30. The van der Waals surface area contributed by atoms with Gasteiger partial charge in [-0.1, -0.05) is 29.8 Å². The summed E-state index contributed by atoms with van der Waals surface area (Å²) in [6, 6.07) is 13.9. The lowest BCUT2D eigenvalue weighted by Gasteiger charge is -2.14. The Hall–Kier alpha value is -3.49. The van der Waals surface area contributed by atoms with Crippen LogP contribution in [0.25, 0.3) is 16.5 Å². The number of hydrogen-bond donors (Lipinski definition) is 2. The van der Waals surface area contributed by atoms with Crippen LogP contribution in [0.5, 0.6) is 17.2 Å². The fourth-order valence-corrected chi connectivity index (χ4v) is 4.22. The van der Waals surface area contributed by atoms with E-state index in [9.17, 15) is 14.7 Å². The number of hydrogen-bond acceptors (Lipinski definition) is 6. The summed E-state index contributed by atoms with van der Waals surface area (Å²) in [5.74, 6) is -1.04. The van der Waals surface area contributed by atoms with Gasteiger partial charge in [0.15, 0.2) is 11.5 Å². The monoisotopic (exact) mass is 473 g/mol. The number of carbonyl (C=O) groups excluding carboxylic acids is 1. The second-order valence-corrected chi connectivity index (χ2v) is 7.94. The van der Waals surface area contributed by atoms with Crippen LogP contribution >= 0.6 is 22.9 Å². The highest BCUT2D eigenvalue weighted by Gasteiger charge is 2.19. The second kappa shape index (κ2) is 10.2. The van der Waals surface area contributed by atoms with E-state index in [0.717, 1.165) is 10.4 Å². The first-order valence-corrected chi connectivity index (χ1v) is 10.5. The first kappa shape index (κ1) is 23.2. The van der Waals surface area contributed by atoms with E-state index in [1.165, 1.54) is 50.9 Å². The van der Waals surface area contributed by atoms with Crippen molar-refractivity contribution in [3.63, 3.8) is 0 Å². The van der Waals surface area contributed by atoms with E-state index in [1.807, 2.05) is 24.3 Å². The highest BCUT2D eigenvalue weighted by molar-refractivity contribution is 7.16. The number of carbonyl (C=O) groups is 2. The zero-order valence-electron chi connectivity index (χ0n) is 17.5. The molecule has 0 radical (unpaired) electrons. The molecule has 0 fully saturated rings. The zero-order chi connectivity index (χ0) is 23.3. The Balaban J connectivity index is 1.89. The number of amides is 1. The maximum atomic E-state index is 12.8. The summed E-state index contributed by atoms with van der Waals surface area (Å²) in [4.78, 5) is 26.1. The molecule has 0 spiro atoms. The van der Waals surface area contributed by atoms with Crippen LogP contribution in [-0.2, 0) is 4.79 Å². The van der Waals surface area contributed by atoms with Gasteiger partial charge in [-0.05, 0) is 36.4 Å². The molecular weight excluding hydrogens is 454 g/mol. The van der Waals surface area contributed by atoms with Gasteiger partial charge in [-0.3, -0.25) is 4.79 Å². The molecule has 0 unspecified atom stereocenters. The summed E-state index contributed by atoms with van der Waals surface area (Å²) in [5, 5.41) is 12.6. The number of nitrogens with one attached hydrogen (secondary N) is 1. The van der Waals surface area contributed by atoms with Gasteiger partial charge in [0.1, 0.15) is 5.70 Å².